The Bertz CT molecular complexity index is 678. The molecule has 1 aromatic heterocycles. The lowest BCUT2D eigenvalue weighted by Crippen LogP contribution is -2.51. The van der Waals surface area contributed by atoms with Crippen molar-refractivity contribution >= 4 is 5.91 Å². The van der Waals surface area contributed by atoms with Crippen molar-refractivity contribution in [3.05, 3.63) is 48.0 Å². The van der Waals surface area contributed by atoms with E-state index >= 15 is 0 Å². The summed E-state index contributed by atoms with van der Waals surface area (Å²) in [6.45, 7) is 1.88. The molecule has 1 saturated heterocycles. The molecular weight excluding hydrogens is 309 g/mol. The smallest absolute Gasteiger partial charge is 0.342 e. The van der Waals surface area contributed by atoms with E-state index in [1.54, 1.807) is 22.0 Å². The van der Waals surface area contributed by atoms with Crippen molar-refractivity contribution in [2.24, 2.45) is 5.92 Å². The quantitative estimate of drug-likeness (QED) is 0.864. The second kappa shape index (κ2) is 6.02. The molecule has 0 radical (unpaired) electrons. The Morgan fingerprint density at radius 2 is 2.09 bits per heavy atom. The van der Waals surface area contributed by atoms with Crippen molar-refractivity contribution in [2.45, 2.75) is 19.1 Å². The minimum absolute atomic E-state index is 0.0139. The number of carbonyl (C=O) groups is 1. The second-order valence-corrected chi connectivity index (χ2v) is 5.66. The summed E-state index contributed by atoms with van der Waals surface area (Å²) < 4.78 is 39.7. The fourth-order valence-corrected chi connectivity index (χ4v) is 2.62. The molecule has 0 spiro atoms. The number of carbonyl (C=O) groups excluding carboxylic acids is 1. The van der Waals surface area contributed by atoms with Crippen LogP contribution in [0.1, 0.15) is 11.1 Å². The van der Waals surface area contributed by atoms with Crippen LogP contribution in [0.5, 0.6) is 0 Å². The number of halogens is 3. The minimum atomic E-state index is -4.39. The van der Waals surface area contributed by atoms with E-state index in [1.165, 1.54) is 12.4 Å². The molecule has 2 aromatic rings. The van der Waals surface area contributed by atoms with Crippen LogP contribution in [0.25, 0.3) is 0 Å². The maximum Gasteiger partial charge on any atom is 0.416 e. The Labute approximate surface area is 130 Å². The highest BCUT2D eigenvalue weighted by Gasteiger charge is 2.32. The molecule has 0 unspecified atom stereocenters. The summed E-state index contributed by atoms with van der Waals surface area (Å²) >= 11 is 0. The summed E-state index contributed by atoms with van der Waals surface area (Å²) in [5.74, 6) is 0.154. The molecule has 0 N–H and O–H groups in total. The van der Waals surface area contributed by atoms with Crippen molar-refractivity contribution in [1.82, 2.24) is 19.7 Å². The summed E-state index contributed by atoms with van der Waals surface area (Å²) in [7, 11) is 0. The van der Waals surface area contributed by atoms with Crippen molar-refractivity contribution < 1.29 is 18.0 Å². The van der Waals surface area contributed by atoms with Gasteiger partial charge in [0.1, 0.15) is 12.7 Å². The number of nitrogens with zero attached hydrogens (tertiary/aromatic N) is 4. The van der Waals surface area contributed by atoms with Gasteiger partial charge in [-0.15, -0.1) is 0 Å². The number of hydrogen-bond acceptors (Lipinski definition) is 3. The highest BCUT2D eigenvalue weighted by molar-refractivity contribution is 5.79. The van der Waals surface area contributed by atoms with Crippen molar-refractivity contribution in [1.29, 1.82) is 0 Å². The number of aromatic nitrogens is 3. The maximum atomic E-state index is 12.7. The SMILES string of the molecule is O=C(Cc1cccc(C(F)(F)F)c1)N1CC(Cn2cncn2)C1. The minimum Gasteiger partial charge on any atom is -0.342 e. The molecule has 2 heterocycles. The van der Waals surface area contributed by atoms with E-state index in [2.05, 4.69) is 10.1 Å². The topological polar surface area (TPSA) is 51.0 Å². The standard InChI is InChI=1S/C15H15F3N4O/c16-15(17,18)13-3-1-2-11(4-13)5-14(23)21-6-12(7-21)8-22-10-19-9-20-22/h1-4,9-10,12H,5-8H2. The van der Waals surface area contributed by atoms with Gasteiger partial charge in [0, 0.05) is 25.6 Å². The Morgan fingerprint density at radius 1 is 1.30 bits per heavy atom. The largest absolute Gasteiger partial charge is 0.416 e. The van der Waals surface area contributed by atoms with Crippen molar-refractivity contribution in [3.8, 4) is 0 Å². The van der Waals surface area contributed by atoms with Crippen LogP contribution in [0, 0.1) is 5.92 Å². The first kappa shape index (κ1) is 15.5. The molecule has 1 aromatic carbocycles. The van der Waals surface area contributed by atoms with E-state index in [1.807, 2.05) is 0 Å². The fourth-order valence-electron chi connectivity index (χ4n) is 2.62. The zero-order valence-electron chi connectivity index (χ0n) is 12.2. The molecule has 0 aliphatic carbocycles. The highest BCUT2D eigenvalue weighted by atomic mass is 19.4. The molecule has 0 saturated carbocycles. The van der Waals surface area contributed by atoms with E-state index in [4.69, 9.17) is 0 Å². The first-order valence-electron chi connectivity index (χ1n) is 7.18. The molecule has 1 amide bonds. The number of likely N-dealkylation sites (tertiary alicyclic amines) is 1. The summed E-state index contributed by atoms with van der Waals surface area (Å²) in [6.07, 6.45) is -1.33. The molecule has 8 heteroatoms. The maximum absolute atomic E-state index is 12.7. The lowest BCUT2D eigenvalue weighted by Gasteiger charge is -2.39. The third-order valence-corrected chi connectivity index (χ3v) is 3.83. The van der Waals surface area contributed by atoms with Gasteiger partial charge in [-0.05, 0) is 11.6 Å². The Balaban J connectivity index is 1.53. The Morgan fingerprint density at radius 3 is 2.74 bits per heavy atom. The van der Waals surface area contributed by atoms with Gasteiger partial charge >= 0.3 is 6.18 Å². The average molecular weight is 324 g/mol. The highest BCUT2D eigenvalue weighted by Crippen LogP contribution is 2.29. The molecule has 122 valence electrons. The third-order valence-electron chi connectivity index (χ3n) is 3.83. The van der Waals surface area contributed by atoms with Gasteiger partial charge in [-0.25, -0.2) is 4.98 Å². The fraction of sp³-hybridized carbons (Fsp3) is 0.400. The molecule has 3 rings (SSSR count). The van der Waals surface area contributed by atoms with Crippen LogP contribution >= 0.6 is 0 Å². The number of rotatable bonds is 4. The molecule has 5 nitrogen and oxygen atoms in total. The Kier molecular flexibility index (Phi) is 4.06. The van der Waals surface area contributed by atoms with E-state index in [9.17, 15) is 18.0 Å². The molecule has 0 atom stereocenters. The predicted octanol–water partition coefficient (Wildman–Crippen LogP) is 2.00. The number of hydrogen-bond donors (Lipinski definition) is 0. The van der Waals surface area contributed by atoms with E-state index in [0.29, 0.717) is 31.1 Å². The predicted molar refractivity (Wildman–Crippen MR) is 75.2 cm³/mol. The zero-order valence-corrected chi connectivity index (χ0v) is 12.2. The van der Waals surface area contributed by atoms with Crippen LogP contribution in [-0.2, 0) is 23.9 Å². The van der Waals surface area contributed by atoms with Crippen LogP contribution in [0.3, 0.4) is 0 Å². The lowest BCUT2D eigenvalue weighted by atomic mass is 9.98. The van der Waals surface area contributed by atoms with Crippen LogP contribution in [0.2, 0.25) is 0 Å². The zero-order chi connectivity index (χ0) is 16.4. The first-order chi connectivity index (χ1) is 10.9. The molecule has 1 aliphatic heterocycles. The summed E-state index contributed by atoms with van der Waals surface area (Å²) in [4.78, 5) is 17.6. The Hall–Kier alpha value is -2.38. The summed E-state index contributed by atoms with van der Waals surface area (Å²) in [5.41, 5.74) is -0.347. The van der Waals surface area contributed by atoms with Gasteiger partial charge in [0.25, 0.3) is 0 Å². The van der Waals surface area contributed by atoms with Crippen LogP contribution < -0.4 is 0 Å². The van der Waals surface area contributed by atoms with E-state index in [-0.39, 0.29) is 12.3 Å². The van der Waals surface area contributed by atoms with Gasteiger partial charge in [-0.1, -0.05) is 18.2 Å². The summed E-state index contributed by atoms with van der Waals surface area (Å²) in [5, 5.41) is 4.00. The van der Waals surface area contributed by atoms with Gasteiger partial charge in [-0.2, -0.15) is 18.3 Å². The first-order valence-corrected chi connectivity index (χ1v) is 7.18. The normalized spacial score (nSPS) is 15.5. The lowest BCUT2D eigenvalue weighted by molar-refractivity contribution is -0.139. The van der Waals surface area contributed by atoms with E-state index < -0.39 is 11.7 Å². The average Bonchev–Trinajstić information content (AvgIpc) is 2.94. The van der Waals surface area contributed by atoms with Gasteiger partial charge in [0.15, 0.2) is 0 Å². The molecular formula is C15H15F3N4O. The number of amides is 1. The van der Waals surface area contributed by atoms with Crippen molar-refractivity contribution in [3.63, 3.8) is 0 Å². The number of alkyl halides is 3. The third kappa shape index (κ3) is 3.69. The molecule has 1 fully saturated rings. The molecule has 23 heavy (non-hydrogen) atoms. The van der Waals surface area contributed by atoms with Gasteiger partial charge in [-0.3, -0.25) is 9.48 Å². The van der Waals surface area contributed by atoms with Crippen LogP contribution in [-0.4, -0.2) is 38.7 Å². The number of benzene rings is 1. The van der Waals surface area contributed by atoms with Gasteiger partial charge < -0.3 is 4.90 Å². The van der Waals surface area contributed by atoms with Gasteiger partial charge in [0.2, 0.25) is 5.91 Å². The monoisotopic (exact) mass is 324 g/mol. The van der Waals surface area contributed by atoms with Gasteiger partial charge in [0.05, 0.1) is 12.0 Å². The van der Waals surface area contributed by atoms with E-state index in [0.717, 1.165) is 12.1 Å². The summed E-state index contributed by atoms with van der Waals surface area (Å²) in [6, 6.07) is 4.91. The van der Waals surface area contributed by atoms with Crippen LogP contribution in [0.15, 0.2) is 36.9 Å². The van der Waals surface area contributed by atoms with Crippen molar-refractivity contribution in [2.75, 3.05) is 13.1 Å². The molecule has 0 bridgehead atoms. The van der Waals surface area contributed by atoms with Crippen LogP contribution in [0.4, 0.5) is 13.2 Å². The second-order valence-electron chi connectivity index (χ2n) is 5.66. The molecule has 1 aliphatic rings.